The van der Waals surface area contributed by atoms with E-state index in [2.05, 4.69) is 5.32 Å². The minimum absolute atomic E-state index is 0.0209. The number of nitrogens with zero attached hydrogens (tertiary/aromatic N) is 1. The molecule has 0 bridgehead atoms. The number of amides is 2. The van der Waals surface area contributed by atoms with E-state index in [0.29, 0.717) is 19.5 Å². The van der Waals surface area contributed by atoms with Crippen LogP contribution in [-0.2, 0) is 9.59 Å². The van der Waals surface area contributed by atoms with Crippen LogP contribution in [0.15, 0.2) is 0 Å². The SMILES string of the molecule is CCCC(=O)N1CCCC(C(=O)NCC(C)(C)N)C1. The molecule has 1 aliphatic rings. The average molecular weight is 269 g/mol. The lowest BCUT2D eigenvalue weighted by Crippen LogP contribution is -2.50. The molecule has 0 radical (unpaired) electrons. The molecular formula is C14H27N3O2. The van der Waals surface area contributed by atoms with Gasteiger partial charge in [0.05, 0.1) is 5.92 Å². The molecule has 1 fully saturated rings. The van der Waals surface area contributed by atoms with Gasteiger partial charge in [0.1, 0.15) is 0 Å². The molecule has 2 amide bonds. The number of hydrogen-bond acceptors (Lipinski definition) is 3. The zero-order valence-corrected chi connectivity index (χ0v) is 12.4. The molecule has 5 nitrogen and oxygen atoms in total. The number of rotatable bonds is 5. The van der Waals surface area contributed by atoms with Crippen LogP contribution >= 0.6 is 0 Å². The fourth-order valence-electron chi connectivity index (χ4n) is 2.25. The number of hydrogen-bond donors (Lipinski definition) is 2. The van der Waals surface area contributed by atoms with Crippen molar-refractivity contribution >= 4 is 11.8 Å². The Hall–Kier alpha value is -1.10. The smallest absolute Gasteiger partial charge is 0.224 e. The Labute approximate surface area is 115 Å². The number of piperidine rings is 1. The minimum Gasteiger partial charge on any atom is -0.354 e. The summed E-state index contributed by atoms with van der Waals surface area (Å²) in [5.41, 5.74) is 5.45. The van der Waals surface area contributed by atoms with E-state index in [1.807, 2.05) is 25.7 Å². The molecule has 0 aromatic heterocycles. The summed E-state index contributed by atoms with van der Waals surface area (Å²) in [7, 11) is 0. The van der Waals surface area contributed by atoms with Crippen LogP contribution in [0, 0.1) is 5.92 Å². The van der Waals surface area contributed by atoms with Gasteiger partial charge in [-0.2, -0.15) is 0 Å². The average Bonchev–Trinajstić information content (AvgIpc) is 2.35. The van der Waals surface area contributed by atoms with Gasteiger partial charge in [-0.05, 0) is 33.1 Å². The van der Waals surface area contributed by atoms with E-state index >= 15 is 0 Å². The number of carbonyl (C=O) groups is 2. The van der Waals surface area contributed by atoms with Crippen LogP contribution in [0.2, 0.25) is 0 Å². The van der Waals surface area contributed by atoms with Crippen LogP contribution in [0.4, 0.5) is 0 Å². The van der Waals surface area contributed by atoms with Crippen molar-refractivity contribution in [2.45, 2.75) is 52.0 Å². The highest BCUT2D eigenvalue weighted by molar-refractivity contribution is 5.81. The summed E-state index contributed by atoms with van der Waals surface area (Å²) in [5.74, 6) is 0.101. The van der Waals surface area contributed by atoms with Gasteiger partial charge in [-0.1, -0.05) is 6.92 Å². The quantitative estimate of drug-likeness (QED) is 0.778. The second-order valence-electron chi connectivity index (χ2n) is 6.14. The maximum atomic E-state index is 12.1. The lowest BCUT2D eigenvalue weighted by atomic mass is 9.96. The van der Waals surface area contributed by atoms with E-state index < -0.39 is 5.54 Å². The monoisotopic (exact) mass is 269 g/mol. The highest BCUT2D eigenvalue weighted by atomic mass is 16.2. The first-order valence-corrected chi connectivity index (χ1v) is 7.18. The minimum atomic E-state index is -0.401. The lowest BCUT2D eigenvalue weighted by Gasteiger charge is -2.32. The number of likely N-dealkylation sites (tertiary alicyclic amines) is 1. The first-order chi connectivity index (χ1) is 8.83. The van der Waals surface area contributed by atoms with Crippen LogP contribution in [0.25, 0.3) is 0 Å². The molecule has 0 aromatic rings. The van der Waals surface area contributed by atoms with E-state index in [9.17, 15) is 9.59 Å². The third kappa shape index (κ3) is 5.59. The van der Waals surface area contributed by atoms with Crippen LogP contribution < -0.4 is 11.1 Å². The second kappa shape index (κ2) is 6.89. The van der Waals surface area contributed by atoms with Crippen molar-refractivity contribution < 1.29 is 9.59 Å². The Balaban J connectivity index is 2.45. The van der Waals surface area contributed by atoms with Gasteiger partial charge in [0.15, 0.2) is 0 Å². The molecule has 0 aliphatic carbocycles. The summed E-state index contributed by atoms with van der Waals surface area (Å²) in [6.45, 7) is 7.55. The number of nitrogens with two attached hydrogens (primary N) is 1. The van der Waals surface area contributed by atoms with Crippen molar-refractivity contribution in [3.8, 4) is 0 Å². The molecule has 0 spiro atoms. The van der Waals surface area contributed by atoms with E-state index in [-0.39, 0.29) is 17.7 Å². The van der Waals surface area contributed by atoms with Gasteiger partial charge in [0.2, 0.25) is 11.8 Å². The Morgan fingerprint density at radius 2 is 2.11 bits per heavy atom. The van der Waals surface area contributed by atoms with Crippen LogP contribution in [0.1, 0.15) is 46.5 Å². The lowest BCUT2D eigenvalue weighted by molar-refractivity contribution is -0.135. The first-order valence-electron chi connectivity index (χ1n) is 7.18. The summed E-state index contributed by atoms with van der Waals surface area (Å²) in [6.07, 6.45) is 3.18. The Morgan fingerprint density at radius 1 is 1.42 bits per heavy atom. The zero-order chi connectivity index (χ0) is 14.5. The van der Waals surface area contributed by atoms with Gasteiger partial charge in [-0.25, -0.2) is 0 Å². The van der Waals surface area contributed by atoms with E-state index in [1.54, 1.807) is 0 Å². The normalized spacial score (nSPS) is 20.2. The molecule has 0 aromatic carbocycles. The predicted molar refractivity (Wildman–Crippen MR) is 75.5 cm³/mol. The van der Waals surface area contributed by atoms with Gasteiger partial charge >= 0.3 is 0 Å². The maximum absolute atomic E-state index is 12.1. The molecule has 19 heavy (non-hydrogen) atoms. The van der Waals surface area contributed by atoms with E-state index in [0.717, 1.165) is 25.8 Å². The molecule has 1 unspecified atom stereocenters. The number of nitrogens with one attached hydrogen (secondary N) is 1. The zero-order valence-electron chi connectivity index (χ0n) is 12.4. The molecule has 1 rings (SSSR count). The van der Waals surface area contributed by atoms with Crippen LogP contribution in [0.5, 0.6) is 0 Å². The fraction of sp³-hybridized carbons (Fsp3) is 0.857. The highest BCUT2D eigenvalue weighted by Gasteiger charge is 2.28. The third-order valence-electron chi connectivity index (χ3n) is 3.33. The van der Waals surface area contributed by atoms with Crippen molar-refractivity contribution in [3.05, 3.63) is 0 Å². The molecule has 110 valence electrons. The first kappa shape index (κ1) is 16.0. The molecule has 3 N–H and O–H groups in total. The summed E-state index contributed by atoms with van der Waals surface area (Å²) in [6, 6.07) is 0. The van der Waals surface area contributed by atoms with Crippen molar-refractivity contribution in [2.24, 2.45) is 11.7 Å². The van der Waals surface area contributed by atoms with Gasteiger partial charge < -0.3 is 16.0 Å². The number of carbonyl (C=O) groups excluding carboxylic acids is 2. The summed E-state index contributed by atoms with van der Waals surface area (Å²) in [5, 5.41) is 2.88. The standard InChI is InChI=1S/C14H27N3O2/c1-4-6-12(18)17-8-5-7-11(9-17)13(19)16-10-14(2,3)15/h11H,4-10,15H2,1-3H3,(H,16,19). The van der Waals surface area contributed by atoms with Gasteiger partial charge in [-0.15, -0.1) is 0 Å². The van der Waals surface area contributed by atoms with Gasteiger partial charge in [-0.3, -0.25) is 9.59 Å². The largest absolute Gasteiger partial charge is 0.354 e. The van der Waals surface area contributed by atoms with Crippen molar-refractivity contribution in [1.29, 1.82) is 0 Å². The summed E-state index contributed by atoms with van der Waals surface area (Å²) >= 11 is 0. The fourth-order valence-corrected chi connectivity index (χ4v) is 2.25. The molecule has 0 saturated carbocycles. The maximum Gasteiger partial charge on any atom is 0.224 e. The van der Waals surface area contributed by atoms with Gasteiger partial charge in [0.25, 0.3) is 0 Å². The molecule has 1 aliphatic heterocycles. The Kier molecular flexibility index (Phi) is 5.79. The van der Waals surface area contributed by atoms with Crippen LogP contribution in [-0.4, -0.2) is 41.9 Å². The topological polar surface area (TPSA) is 75.4 Å². The molecule has 5 heteroatoms. The Morgan fingerprint density at radius 3 is 2.68 bits per heavy atom. The third-order valence-corrected chi connectivity index (χ3v) is 3.33. The molecular weight excluding hydrogens is 242 g/mol. The highest BCUT2D eigenvalue weighted by Crippen LogP contribution is 2.17. The van der Waals surface area contributed by atoms with E-state index in [4.69, 9.17) is 5.73 Å². The van der Waals surface area contributed by atoms with E-state index in [1.165, 1.54) is 0 Å². The molecule has 1 heterocycles. The van der Waals surface area contributed by atoms with Crippen molar-refractivity contribution in [3.63, 3.8) is 0 Å². The van der Waals surface area contributed by atoms with Crippen molar-refractivity contribution in [1.82, 2.24) is 10.2 Å². The van der Waals surface area contributed by atoms with Crippen molar-refractivity contribution in [2.75, 3.05) is 19.6 Å². The van der Waals surface area contributed by atoms with Crippen LogP contribution in [0.3, 0.4) is 0 Å². The van der Waals surface area contributed by atoms with Gasteiger partial charge in [0, 0.05) is 31.6 Å². The Bertz CT molecular complexity index is 323. The molecule has 1 saturated heterocycles. The molecule has 1 atom stereocenters. The summed E-state index contributed by atoms with van der Waals surface area (Å²) < 4.78 is 0. The second-order valence-corrected chi connectivity index (χ2v) is 6.14. The predicted octanol–water partition coefficient (Wildman–Crippen LogP) is 0.879. The summed E-state index contributed by atoms with van der Waals surface area (Å²) in [4.78, 5) is 25.7.